The first-order valence-corrected chi connectivity index (χ1v) is 6.22. The van der Waals surface area contributed by atoms with Gasteiger partial charge in [-0.25, -0.2) is 4.98 Å². The summed E-state index contributed by atoms with van der Waals surface area (Å²) in [5.41, 5.74) is 7.39. The van der Waals surface area contributed by atoms with Gasteiger partial charge in [0, 0.05) is 6.20 Å². The third kappa shape index (κ3) is 2.87. The molecule has 0 unspecified atom stereocenters. The van der Waals surface area contributed by atoms with Crippen molar-refractivity contribution in [3.8, 4) is 5.88 Å². The Labute approximate surface area is 116 Å². The Balaban J connectivity index is 2.22. The van der Waals surface area contributed by atoms with Crippen molar-refractivity contribution in [3.63, 3.8) is 0 Å². The number of nitrogen functional groups attached to an aromatic ring is 1. The third-order valence-electron chi connectivity index (χ3n) is 2.58. The van der Waals surface area contributed by atoms with Crippen molar-refractivity contribution in [2.24, 2.45) is 0 Å². The van der Waals surface area contributed by atoms with Crippen molar-refractivity contribution in [2.45, 2.75) is 26.9 Å². The van der Waals surface area contributed by atoms with E-state index in [4.69, 9.17) is 10.5 Å². The number of carbonyl (C=O) groups is 1. The summed E-state index contributed by atoms with van der Waals surface area (Å²) in [6.45, 7) is 5.52. The number of aromatic amines is 1. The lowest BCUT2D eigenvalue weighted by molar-refractivity contribution is 0.102. The molecule has 0 aliphatic heterocycles. The van der Waals surface area contributed by atoms with Gasteiger partial charge in [-0.2, -0.15) is 5.10 Å². The smallest absolute Gasteiger partial charge is 0.278 e. The van der Waals surface area contributed by atoms with Crippen LogP contribution in [0.2, 0.25) is 0 Å². The van der Waals surface area contributed by atoms with E-state index in [-0.39, 0.29) is 11.8 Å². The fraction of sp³-hybridized carbons (Fsp3) is 0.308. The van der Waals surface area contributed by atoms with Crippen LogP contribution in [0.1, 0.15) is 30.0 Å². The van der Waals surface area contributed by atoms with Gasteiger partial charge in [-0.3, -0.25) is 9.89 Å². The topological polar surface area (TPSA) is 106 Å². The number of rotatable bonds is 4. The van der Waals surface area contributed by atoms with Crippen LogP contribution in [0, 0.1) is 6.92 Å². The molecule has 0 aliphatic rings. The van der Waals surface area contributed by atoms with Crippen LogP contribution in [0.5, 0.6) is 5.88 Å². The van der Waals surface area contributed by atoms with Crippen LogP contribution in [-0.2, 0) is 0 Å². The molecule has 2 heterocycles. The predicted molar refractivity (Wildman–Crippen MR) is 75.7 cm³/mol. The summed E-state index contributed by atoms with van der Waals surface area (Å²) in [6.07, 6.45) is 1.55. The normalized spacial score (nSPS) is 10.6. The molecule has 0 radical (unpaired) electrons. The quantitative estimate of drug-likeness (QED) is 0.788. The highest BCUT2D eigenvalue weighted by atomic mass is 16.5. The Morgan fingerprint density at radius 1 is 1.50 bits per heavy atom. The molecule has 7 heteroatoms. The Kier molecular flexibility index (Phi) is 3.88. The Hall–Kier alpha value is -2.57. The largest absolute Gasteiger partial charge is 0.473 e. The second kappa shape index (κ2) is 5.60. The van der Waals surface area contributed by atoms with Crippen molar-refractivity contribution in [2.75, 3.05) is 11.1 Å². The van der Waals surface area contributed by atoms with Crippen LogP contribution in [0.4, 0.5) is 11.4 Å². The lowest BCUT2D eigenvalue weighted by atomic mass is 10.3. The maximum absolute atomic E-state index is 12.1. The number of H-pyrrole nitrogens is 1. The van der Waals surface area contributed by atoms with E-state index in [1.807, 2.05) is 13.8 Å². The number of aromatic nitrogens is 3. The van der Waals surface area contributed by atoms with Crippen LogP contribution in [0.25, 0.3) is 0 Å². The molecule has 2 rings (SSSR count). The van der Waals surface area contributed by atoms with Gasteiger partial charge in [0.15, 0.2) is 5.69 Å². The first-order chi connectivity index (χ1) is 9.49. The molecule has 0 spiro atoms. The zero-order valence-corrected chi connectivity index (χ0v) is 11.6. The second-order valence-corrected chi connectivity index (χ2v) is 4.59. The molecule has 0 saturated heterocycles. The van der Waals surface area contributed by atoms with E-state index in [2.05, 4.69) is 20.5 Å². The number of hydrogen-bond donors (Lipinski definition) is 3. The highest BCUT2D eigenvalue weighted by Crippen LogP contribution is 2.23. The number of aryl methyl sites for hydroxylation is 1. The fourth-order valence-corrected chi connectivity index (χ4v) is 1.60. The summed E-state index contributed by atoms with van der Waals surface area (Å²) in [6, 6.07) is 3.42. The molecule has 0 aromatic carbocycles. The minimum Gasteiger partial charge on any atom is -0.473 e. The SMILES string of the molecule is Cc1[nH]nc(C(=O)Nc2cccnc2OC(C)C)c1N. The first-order valence-electron chi connectivity index (χ1n) is 6.22. The Bertz CT molecular complexity index is 621. The molecule has 0 atom stereocenters. The Morgan fingerprint density at radius 2 is 2.25 bits per heavy atom. The van der Waals surface area contributed by atoms with Crippen LogP contribution < -0.4 is 15.8 Å². The van der Waals surface area contributed by atoms with Gasteiger partial charge in [0.1, 0.15) is 5.69 Å². The predicted octanol–water partition coefficient (Wildman–Crippen LogP) is 1.73. The lowest BCUT2D eigenvalue weighted by Crippen LogP contribution is -2.16. The lowest BCUT2D eigenvalue weighted by Gasteiger charge is -2.13. The van der Waals surface area contributed by atoms with Gasteiger partial charge in [-0.1, -0.05) is 0 Å². The van der Waals surface area contributed by atoms with Gasteiger partial charge >= 0.3 is 0 Å². The molecule has 2 aromatic rings. The maximum atomic E-state index is 12.1. The van der Waals surface area contributed by atoms with E-state index in [9.17, 15) is 4.79 Å². The third-order valence-corrected chi connectivity index (χ3v) is 2.58. The van der Waals surface area contributed by atoms with Gasteiger partial charge in [0.2, 0.25) is 5.88 Å². The van der Waals surface area contributed by atoms with E-state index in [0.29, 0.717) is 22.9 Å². The zero-order valence-electron chi connectivity index (χ0n) is 11.6. The van der Waals surface area contributed by atoms with E-state index >= 15 is 0 Å². The molecule has 4 N–H and O–H groups in total. The number of nitrogens with zero attached hydrogens (tertiary/aromatic N) is 2. The number of nitrogens with two attached hydrogens (primary N) is 1. The molecule has 0 bridgehead atoms. The van der Waals surface area contributed by atoms with Crippen molar-refractivity contribution in [1.29, 1.82) is 0 Å². The van der Waals surface area contributed by atoms with Gasteiger partial charge < -0.3 is 15.8 Å². The number of hydrogen-bond acceptors (Lipinski definition) is 5. The molecular weight excluding hydrogens is 258 g/mol. The van der Waals surface area contributed by atoms with E-state index in [1.54, 1.807) is 25.3 Å². The standard InChI is InChI=1S/C13H17N5O2/c1-7(2)20-13-9(5-4-6-15-13)16-12(19)11-10(14)8(3)17-18-11/h4-7H,14H2,1-3H3,(H,16,19)(H,17,18). The highest BCUT2D eigenvalue weighted by Gasteiger charge is 2.17. The molecule has 0 aliphatic carbocycles. The molecular formula is C13H17N5O2. The van der Waals surface area contributed by atoms with Gasteiger partial charge in [-0.15, -0.1) is 0 Å². The molecule has 2 aromatic heterocycles. The van der Waals surface area contributed by atoms with Crippen molar-refractivity contribution in [1.82, 2.24) is 15.2 Å². The van der Waals surface area contributed by atoms with Gasteiger partial charge in [0.05, 0.1) is 17.5 Å². The van der Waals surface area contributed by atoms with Crippen molar-refractivity contribution in [3.05, 3.63) is 29.7 Å². The average molecular weight is 275 g/mol. The summed E-state index contributed by atoms with van der Waals surface area (Å²) in [7, 11) is 0. The molecule has 0 saturated carbocycles. The summed E-state index contributed by atoms with van der Waals surface area (Å²) >= 11 is 0. The minimum atomic E-state index is -0.409. The Morgan fingerprint density at radius 3 is 2.85 bits per heavy atom. The summed E-state index contributed by atoms with van der Waals surface area (Å²) < 4.78 is 5.53. The van der Waals surface area contributed by atoms with Crippen LogP contribution in [0.3, 0.4) is 0 Å². The van der Waals surface area contributed by atoms with E-state index in [1.165, 1.54) is 0 Å². The van der Waals surface area contributed by atoms with Crippen LogP contribution in [-0.4, -0.2) is 27.2 Å². The van der Waals surface area contributed by atoms with Crippen molar-refractivity contribution < 1.29 is 9.53 Å². The molecule has 7 nitrogen and oxygen atoms in total. The van der Waals surface area contributed by atoms with Gasteiger partial charge in [0.25, 0.3) is 5.91 Å². The van der Waals surface area contributed by atoms with Gasteiger partial charge in [-0.05, 0) is 32.9 Å². The first kappa shape index (κ1) is 13.9. The number of carbonyl (C=O) groups excluding carboxylic acids is 1. The number of nitrogens with one attached hydrogen (secondary N) is 2. The van der Waals surface area contributed by atoms with Crippen molar-refractivity contribution >= 4 is 17.3 Å². The average Bonchev–Trinajstić information content (AvgIpc) is 2.72. The van der Waals surface area contributed by atoms with E-state index in [0.717, 1.165) is 0 Å². The molecule has 20 heavy (non-hydrogen) atoms. The number of ether oxygens (including phenoxy) is 1. The molecule has 1 amide bonds. The fourth-order valence-electron chi connectivity index (χ4n) is 1.60. The van der Waals surface area contributed by atoms with E-state index < -0.39 is 5.91 Å². The maximum Gasteiger partial charge on any atom is 0.278 e. The highest BCUT2D eigenvalue weighted by molar-refractivity contribution is 6.07. The zero-order chi connectivity index (χ0) is 14.7. The summed E-state index contributed by atoms with van der Waals surface area (Å²) in [5, 5.41) is 9.24. The summed E-state index contributed by atoms with van der Waals surface area (Å²) in [4.78, 5) is 16.2. The van der Waals surface area contributed by atoms with Crippen LogP contribution >= 0.6 is 0 Å². The number of amides is 1. The molecule has 0 fully saturated rings. The second-order valence-electron chi connectivity index (χ2n) is 4.59. The monoisotopic (exact) mass is 275 g/mol. The minimum absolute atomic E-state index is 0.0433. The molecule has 106 valence electrons. The number of pyridine rings is 1. The summed E-state index contributed by atoms with van der Waals surface area (Å²) in [5.74, 6) is -0.0462. The number of anilines is 2. The van der Waals surface area contributed by atoms with Crippen LogP contribution in [0.15, 0.2) is 18.3 Å².